The first-order valence-electron chi connectivity index (χ1n) is 11.8. The van der Waals surface area contributed by atoms with Crippen molar-refractivity contribution in [1.29, 1.82) is 5.26 Å². The van der Waals surface area contributed by atoms with E-state index in [2.05, 4.69) is 6.07 Å². The van der Waals surface area contributed by atoms with Crippen molar-refractivity contribution in [3.8, 4) is 17.3 Å². The normalized spacial score (nSPS) is 21.2. The SMILES string of the molecule is CC(=O)N1CCc2c(c(-c3cccc(C#N)c3)nn2C2c3cc(F)cc(C4CC4)c3CC2O)C1. The van der Waals surface area contributed by atoms with Gasteiger partial charge in [-0.15, -0.1) is 0 Å². The maximum Gasteiger partial charge on any atom is 0.219 e. The van der Waals surface area contributed by atoms with E-state index in [1.54, 1.807) is 36.1 Å². The highest BCUT2D eigenvalue weighted by molar-refractivity contribution is 5.75. The van der Waals surface area contributed by atoms with Crippen molar-refractivity contribution in [3.05, 3.63) is 75.7 Å². The van der Waals surface area contributed by atoms with Crippen molar-refractivity contribution in [2.45, 2.75) is 57.2 Å². The van der Waals surface area contributed by atoms with Gasteiger partial charge in [-0.2, -0.15) is 10.4 Å². The van der Waals surface area contributed by atoms with Crippen molar-refractivity contribution in [2.75, 3.05) is 6.54 Å². The highest BCUT2D eigenvalue weighted by Crippen LogP contribution is 2.48. The Morgan fingerprint density at radius 3 is 2.74 bits per heavy atom. The van der Waals surface area contributed by atoms with E-state index in [0.29, 0.717) is 43.1 Å². The predicted octanol–water partition coefficient (Wildman–Crippen LogP) is 3.85. The molecule has 2 unspecified atom stereocenters. The van der Waals surface area contributed by atoms with Gasteiger partial charge in [0.05, 0.1) is 23.4 Å². The molecule has 0 bridgehead atoms. The third kappa shape index (κ3) is 3.33. The Morgan fingerprint density at radius 1 is 1.21 bits per heavy atom. The van der Waals surface area contributed by atoms with E-state index in [1.807, 2.05) is 16.8 Å². The third-order valence-electron chi connectivity index (χ3n) is 7.46. The fraction of sp³-hybridized carbons (Fsp3) is 0.370. The number of aromatic nitrogens is 2. The molecular formula is C27H25FN4O2. The first-order valence-corrected chi connectivity index (χ1v) is 11.8. The Balaban J connectivity index is 1.52. The van der Waals surface area contributed by atoms with Crippen LogP contribution in [0.25, 0.3) is 11.3 Å². The molecule has 2 heterocycles. The Kier molecular flexibility index (Phi) is 4.82. The van der Waals surface area contributed by atoms with E-state index in [0.717, 1.165) is 46.4 Å². The number of rotatable bonds is 3. The van der Waals surface area contributed by atoms with E-state index in [9.17, 15) is 19.6 Å². The smallest absolute Gasteiger partial charge is 0.219 e. The minimum atomic E-state index is -0.706. The number of hydrogen-bond donors (Lipinski definition) is 1. The van der Waals surface area contributed by atoms with Gasteiger partial charge in [0.25, 0.3) is 0 Å². The van der Waals surface area contributed by atoms with Gasteiger partial charge < -0.3 is 10.0 Å². The molecule has 2 aromatic carbocycles. The van der Waals surface area contributed by atoms with Crippen LogP contribution in [-0.2, 0) is 24.2 Å². The lowest BCUT2D eigenvalue weighted by Gasteiger charge is -2.28. The van der Waals surface area contributed by atoms with Crippen LogP contribution in [0.3, 0.4) is 0 Å². The van der Waals surface area contributed by atoms with Gasteiger partial charge in [0.15, 0.2) is 0 Å². The first-order chi connectivity index (χ1) is 16.4. The Hall–Kier alpha value is -3.50. The monoisotopic (exact) mass is 456 g/mol. The fourth-order valence-electron chi connectivity index (χ4n) is 5.67. The predicted molar refractivity (Wildman–Crippen MR) is 123 cm³/mol. The summed E-state index contributed by atoms with van der Waals surface area (Å²) in [6.45, 7) is 2.55. The summed E-state index contributed by atoms with van der Waals surface area (Å²) >= 11 is 0. The quantitative estimate of drug-likeness (QED) is 0.649. The highest BCUT2D eigenvalue weighted by atomic mass is 19.1. The highest BCUT2D eigenvalue weighted by Gasteiger charge is 2.40. The average Bonchev–Trinajstić information content (AvgIpc) is 3.54. The number of benzene rings is 2. The summed E-state index contributed by atoms with van der Waals surface area (Å²) in [6.07, 6.45) is 2.51. The largest absolute Gasteiger partial charge is 0.390 e. The van der Waals surface area contributed by atoms with E-state index < -0.39 is 12.1 Å². The Labute approximate surface area is 197 Å². The molecule has 1 aromatic heterocycles. The topological polar surface area (TPSA) is 82.2 Å². The molecule has 2 atom stereocenters. The lowest BCUT2D eigenvalue weighted by Crippen LogP contribution is -2.35. The second-order valence-corrected chi connectivity index (χ2v) is 9.65. The molecule has 6 rings (SSSR count). The summed E-state index contributed by atoms with van der Waals surface area (Å²) in [6, 6.07) is 12.1. The second-order valence-electron chi connectivity index (χ2n) is 9.65. The number of aliphatic hydroxyl groups excluding tert-OH is 1. The van der Waals surface area contributed by atoms with Gasteiger partial charge in [0.1, 0.15) is 11.9 Å². The van der Waals surface area contributed by atoms with Crippen LogP contribution in [0.1, 0.15) is 65.2 Å². The molecule has 1 fully saturated rings. The van der Waals surface area contributed by atoms with E-state index in [1.165, 1.54) is 0 Å². The molecule has 1 N–H and O–H groups in total. The van der Waals surface area contributed by atoms with E-state index in [4.69, 9.17) is 5.10 Å². The van der Waals surface area contributed by atoms with Gasteiger partial charge in [-0.05, 0) is 59.7 Å². The van der Waals surface area contributed by atoms with Gasteiger partial charge >= 0.3 is 0 Å². The minimum Gasteiger partial charge on any atom is -0.390 e. The second kappa shape index (κ2) is 7.78. The van der Waals surface area contributed by atoms with Crippen LogP contribution < -0.4 is 0 Å². The lowest BCUT2D eigenvalue weighted by molar-refractivity contribution is -0.129. The van der Waals surface area contributed by atoms with E-state index >= 15 is 0 Å². The van der Waals surface area contributed by atoms with Crippen LogP contribution >= 0.6 is 0 Å². The van der Waals surface area contributed by atoms with Crippen molar-refractivity contribution in [2.24, 2.45) is 0 Å². The minimum absolute atomic E-state index is 0.00230. The maximum atomic E-state index is 14.7. The van der Waals surface area contributed by atoms with Crippen LogP contribution in [-0.4, -0.2) is 38.3 Å². The van der Waals surface area contributed by atoms with Gasteiger partial charge in [-0.3, -0.25) is 9.48 Å². The number of nitriles is 1. The zero-order chi connectivity index (χ0) is 23.6. The molecule has 3 aliphatic rings. The van der Waals surface area contributed by atoms with Gasteiger partial charge in [-0.25, -0.2) is 4.39 Å². The molecule has 6 nitrogen and oxygen atoms in total. The first kappa shape index (κ1) is 21.1. The van der Waals surface area contributed by atoms with E-state index in [-0.39, 0.29) is 11.7 Å². The average molecular weight is 457 g/mol. The number of amides is 1. The van der Waals surface area contributed by atoms with Crippen molar-refractivity contribution < 1.29 is 14.3 Å². The summed E-state index contributed by atoms with van der Waals surface area (Å²) in [5.41, 5.74) is 6.82. The molecule has 1 saturated carbocycles. The molecule has 172 valence electrons. The zero-order valence-corrected chi connectivity index (χ0v) is 19.0. The van der Waals surface area contributed by atoms with Crippen molar-refractivity contribution >= 4 is 5.91 Å². The molecule has 1 amide bonds. The van der Waals surface area contributed by atoms with Gasteiger partial charge in [-0.1, -0.05) is 12.1 Å². The maximum absolute atomic E-state index is 14.7. The molecule has 34 heavy (non-hydrogen) atoms. The number of carbonyl (C=O) groups excluding carboxylic acids is 1. The molecular weight excluding hydrogens is 431 g/mol. The molecule has 0 spiro atoms. The van der Waals surface area contributed by atoms with Crippen molar-refractivity contribution in [1.82, 2.24) is 14.7 Å². The van der Waals surface area contributed by atoms with Gasteiger partial charge in [0, 0.05) is 49.7 Å². The standard InChI is InChI=1S/C27H25FN4O2/c1-15(33)31-8-7-24-23(14-31)26(18-4-2-3-16(9-18)13-29)30-32(24)27-22-11-19(28)10-20(17-5-6-17)21(22)12-25(27)34/h2-4,9-11,17,25,27,34H,5-8,12,14H2,1H3. The van der Waals surface area contributed by atoms with Crippen LogP contribution in [0.4, 0.5) is 4.39 Å². The van der Waals surface area contributed by atoms with Crippen LogP contribution in [0.2, 0.25) is 0 Å². The number of halogens is 1. The number of hydrogen-bond acceptors (Lipinski definition) is 4. The lowest BCUT2D eigenvalue weighted by atomic mass is 9.97. The fourth-order valence-corrected chi connectivity index (χ4v) is 5.67. The molecule has 7 heteroatoms. The Morgan fingerprint density at radius 2 is 2.00 bits per heavy atom. The molecule has 2 aliphatic carbocycles. The third-order valence-corrected chi connectivity index (χ3v) is 7.46. The van der Waals surface area contributed by atoms with Crippen molar-refractivity contribution in [3.63, 3.8) is 0 Å². The zero-order valence-electron chi connectivity index (χ0n) is 19.0. The summed E-state index contributed by atoms with van der Waals surface area (Å²) < 4.78 is 16.5. The molecule has 3 aromatic rings. The van der Waals surface area contributed by atoms with Crippen LogP contribution in [0, 0.1) is 17.1 Å². The summed E-state index contributed by atoms with van der Waals surface area (Å²) in [4.78, 5) is 13.9. The van der Waals surface area contributed by atoms with Gasteiger partial charge in [0.2, 0.25) is 5.91 Å². The number of aliphatic hydroxyl groups is 1. The number of fused-ring (bicyclic) bond motifs is 2. The summed E-state index contributed by atoms with van der Waals surface area (Å²) in [7, 11) is 0. The van der Waals surface area contributed by atoms with Crippen LogP contribution in [0.5, 0.6) is 0 Å². The summed E-state index contributed by atoms with van der Waals surface area (Å²) in [5.74, 6) is 0.110. The number of nitrogens with zero attached hydrogens (tertiary/aromatic N) is 4. The number of carbonyl (C=O) groups is 1. The molecule has 0 saturated heterocycles. The molecule has 0 radical (unpaired) electrons. The molecule has 1 aliphatic heterocycles. The summed E-state index contributed by atoms with van der Waals surface area (Å²) in [5, 5.41) is 25.6. The van der Waals surface area contributed by atoms with Crippen LogP contribution in [0.15, 0.2) is 36.4 Å². The Bertz CT molecular complexity index is 1370.